The molecule has 0 aliphatic rings. The molecule has 0 aliphatic carbocycles. The molecule has 4 heteroatoms. The lowest BCUT2D eigenvalue weighted by molar-refractivity contribution is 0.899. The highest BCUT2D eigenvalue weighted by Crippen LogP contribution is 2.18. The van der Waals surface area contributed by atoms with Crippen molar-refractivity contribution in [3.05, 3.63) is 58.4 Å². The van der Waals surface area contributed by atoms with Gasteiger partial charge in [0, 0.05) is 11.8 Å². The summed E-state index contributed by atoms with van der Waals surface area (Å²) in [4.78, 5) is 10.8. The fourth-order valence-electron chi connectivity index (χ4n) is 1.14. The molecule has 1 N–H and O–H groups in total. The molecule has 0 bridgehead atoms. The van der Waals surface area contributed by atoms with Crippen LogP contribution < -0.4 is 5.56 Å². The van der Waals surface area contributed by atoms with E-state index < -0.39 is 0 Å². The summed E-state index contributed by atoms with van der Waals surface area (Å²) >= 11 is 1.60. The summed E-state index contributed by atoms with van der Waals surface area (Å²) in [6.45, 7) is 0. The molecule has 3 nitrogen and oxygen atoms in total. The number of nitrogens with zero attached hydrogens (tertiary/aromatic N) is 1. The molecule has 0 saturated heterocycles. The van der Waals surface area contributed by atoms with E-state index in [-0.39, 0.29) is 5.56 Å². The third-order valence-corrected chi connectivity index (χ3v) is 2.88. The van der Waals surface area contributed by atoms with Crippen molar-refractivity contribution < 1.29 is 0 Å². The molecule has 1 aromatic heterocycles. The van der Waals surface area contributed by atoms with Gasteiger partial charge in [0.15, 0.2) is 0 Å². The highest BCUT2D eigenvalue weighted by molar-refractivity contribution is 7.98. The molecular formula is C11H10N2OS. The van der Waals surface area contributed by atoms with Gasteiger partial charge in [-0.2, -0.15) is 5.10 Å². The lowest BCUT2D eigenvalue weighted by Crippen LogP contribution is -2.05. The smallest absolute Gasteiger partial charge is 0.264 e. The molecule has 2 aromatic rings. The minimum absolute atomic E-state index is 0.168. The minimum atomic E-state index is -0.168. The Hall–Kier alpha value is -1.55. The Morgan fingerprint density at radius 3 is 2.60 bits per heavy atom. The van der Waals surface area contributed by atoms with Crippen molar-refractivity contribution in [2.45, 2.75) is 10.8 Å². The molecule has 0 atom stereocenters. The van der Waals surface area contributed by atoms with Crippen LogP contribution >= 0.6 is 11.8 Å². The Kier molecular flexibility index (Phi) is 3.19. The Morgan fingerprint density at radius 1 is 1.13 bits per heavy atom. The fourth-order valence-corrected chi connectivity index (χ4v) is 1.93. The van der Waals surface area contributed by atoms with E-state index in [9.17, 15) is 4.79 Å². The maximum absolute atomic E-state index is 10.8. The summed E-state index contributed by atoms with van der Waals surface area (Å²) in [6, 6.07) is 13.4. The highest BCUT2D eigenvalue weighted by atomic mass is 32.2. The Balaban J connectivity index is 1.99. The van der Waals surface area contributed by atoms with Crippen molar-refractivity contribution in [2.24, 2.45) is 0 Å². The first-order chi connectivity index (χ1) is 7.34. The van der Waals surface area contributed by atoms with Crippen molar-refractivity contribution in [1.29, 1.82) is 0 Å². The molecule has 1 heterocycles. The average Bonchev–Trinajstić information content (AvgIpc) is 2.30. The van der Waals surface area contributed by atoms with Crippen LogP contribution in [-0.4, -0.2) is 10.2 Å². The van der Waals surface area contributed by atoms with E-state index in [0.717, 1.165) is 10.8 Å². The van der Waals surface area contributed by atoms with Gasteiger partial charge >= 0.3 is 0 Å². The van der Waals surface area contributed by atoms with Crippen LogP contribution in [0.3, 0.4) is 0 Å². The molecule has 0 spiro atoms. The van der Waals surface area contributed by atoms with Gasteiger partial charge in [0.25, 0.3) is 5.56 Å². The van der Waals surface area contributed by atoms with Crippen molar-refractivity contribution in [3.63, 3.8) is 0 Å². The zero-order chi connectivity index (χ0) is 10.5. The molecular weight excluding hydrogens is 208 g/mol. The van der Waals surface area contributed by atoms with Crippen molar-refractivity contribution in [3.8, 4) is 0 Å². The number of benzene rings is 1. The Labute approximate surface area is 91.5 Å². The topological polar surface area (TPSA) is 45.8 Å². The molecule has 0 fully saturated rings. The van der Waals surface area contributed by atoms with Crippen molar-refractivity contribution in [2.75, 3.05) is 0 Å². The Morgan fingerprint density at radius 2 is 1.93 bits per heavy atom. The SMILES string of the molecule is O=c1ccc(SCc2ccccc2)n[nH]1. The summed E-state index contributed by atoms with van der Waals surface area (Å²) < 4.78 is 0. The third-order valence-electron chi connectivity index (χ3n) is 1.88. The molecule has 0 saturated carbocycles. The quantitative estimate of drug-likeness (QED) is 0.802. The number of thioether (sulfide) groups is 1. The van der Waals surface area contributed by atoms with Crippen molar-refractivity contribution in [1.82, 2.24) is 10.2 Å². The molecule has 1 aromatic carbocycles. The number of aromatic amines is 1. The first kappa shape index (κ1) is 9.98. The van der Waals surface area contributed by atoms with E-state index in [4.69, 9.17) is 0 Å². The summed E-state index contributed by atoms with van der Waals surface area (Å²) in [5.41, 5.74) is 1.08. The second kappa shape index (κ2) is 4.79. The third kappa shape index (κ3) is 2.95. The standard InChI is InChI=1S/C11H10N2OS/c14-10-6-7-11(13-12-10)15-8-9-4-2-1-3-5-9/h1-7H,8H2,(H,12,14). The molecule has 2 rings (SSSR count). The first-order valence-electron chi connectivity index (χ1n) is 4.57. The predicted molar refractivity (Wildman–Crippen MR) is 60.9 cm³/mol. The summed E-state index contributed by atoms with van der Waals surface area (Å²) in [5.74, 6) is 0.861. The highest BCUT2D eigenvalue weighted by Gasteiger charge is 1.96. The number of nitrogens with one attached hydrogen (secondary N) is 1. The molecule has 15 heavy (non-hydrogen) atoms. The number of hydrogen-bond donors (Lipinski definition) is 1. The van der Waals surface area contributed by atoms with E-state index in [1.165, 1.54) is 11.6 Å². The van der Waals surface area contributed by atoms with E-state index >= 15 is 0 Å². The number of rotatable bonds is 3. The van der Waals surface area contributed by atoms with Crippen LogP contribution in [0, 0.1) is 0 Å². The van der Waals surface area contributed by atoms with Crippen molar-refractivity contribution >= 4 is 11.8 Å². The lowest BCUT2D eigenvalue weighted by atomic mass is 10.2. The Bertz CT molecular complexity index is 461. The van der Waals surface area contributed by atoms with Crippen LogP contribution in [0.25, 0.3) is 0 Å². The zero-order valence-electron chi connectivity index (χ0n) is 8.01. The van der Waals surface area contributed by atoms with Crippen LogP contribution in [0.1, 0.15) is 5.56 Å². The van der Waals surface area contributed by atoms with Crippen LogP contribution in [0.2, 0.25) is 0 Å². The van der Waals surface area contributed by atoms with E-state index in [1.54, 1.807) is 17.8 Å². The van der Waals surface area contributed by atoms with Gasteiger partial charge in [-0.05, 0) is 11.6 Å². The van der Waals surface area contributed by atoms with Gasteiger partial charge in [-0.25, -0.2) is 5.10 Å². The fraction of sp³-hybridized carbons (Fsp3) is 0.0909. The molecule has 0 aliphatic heterocycles. The number of hydrogen-bond acceptors (Lipinski definition) is 3. The number of H-pyrrole nitrogens is 1. The molecule has 0 amide bonds. The number of aromatic nitrogens is 2. The summed E-state index contributed by atoms with van der Waals surface area (Å²) in [6.07, 6.45) is 0. The summed E-state index contributed by atoms with van der Waals surface area (Å²) in [5, 5.41) is 7.16. The second-order valence-corrected chi connectivity index (χ2v) is 4.03. The molecule has 0 radical (unpaired) electrons. The normalized spacial score (nSPS) is 10.1. The van der Waals surface area contributed by atoms with Crippen LogP contribution in [0.5, 0.6) is 0 Å². The van der Waals surface area contributed by atoms with Gasteiger partial charge in [-0.1, -0.05) is 42.1 Å². The minimum Gasteiger partial charge on any atom is -0.268 e. The van der Waals surface area contributed by atoms with Gasteiger partial charge in [0.05, 0.1) is 0 Å². The van der Waals surface area contributed by atoms with Gasteiger partial charge in [0.2, 0.25) is 0 Å². The summed E-state index contributed by atoms with van der Waals surface area (Å²) in [7, 11) is 0. The first-order valence-corrected chi connectivity index (χ1v) is 5.55. The van der Waals surface area contributed by atoms with Crippen LogP contribution in [0.4, 0.5) is 0 Å². The van der Waals surface area contributed by atoms with E-state index in [1.807, 2.05) is 18.2 Å². The zero-order valence-corrected chi connectivity index (χ0v) is 8.83. The van der Waals surface area contributed by atoms with Gasteiger partial charge in [0.1, 0.15) is 5.03 Å². The van der Waals surface area contributed by atoms with E-state index in [0.29, 0.717) is 0 Å². The maximum atomic E-state index is 10.8. The van der Waals surface area contributed by atoms with E-state index in [2.05, 4.69) is 22.3 Å². The monoisotopic (exact) mass is 218 g/mol. The van der Waals surface area contributed by atoms with Crippen LogP contribution in [0.15, 0.2) is 52.3 Å². The predicted octanol–water partition coefficient (Wildman–Crippen LogP) is 2.06. The van der Waals surface area contributed by atoms with Gasteiger partial charge < -0.3 is 0 Å². The molecule has 76 valence electrons. The maximum Gasteiger partial charge on any atom is 0.264 e. The second-order valence-electron chi connectivity index (χ2n) is 3.03. The largest absolute Gasteiger partial charge is 0.268 e. The van der Waals surface area contributed by atoms with Gasteiger partial charge in [-0.15, -0.1) is 0 Å². The molecule has 0 unspecified atom stereocenters. The average molecular weight is 218 g/mol. The van der Waals surface area contributed by atoms with Gasteiger partial charge in [-0.3, -0.25) is 4.79 Å². The van der Waals surface area contributed by atoms with Crippen LogP contribution in [-0.2, 0) is 5.75 Å². The lowest BCUT2D eigenvalue weighted by Gasteiger charge is -1.99.